The monoisotopic (exact) mass is 178 g/mol. The predicted molar refractivity (Wildman–Crippen MR) is 52.2 cm³/mol. The molecule has 0 aromatic heterocycles. The van der Waals surface area contributed by atoms with Gasteiger partial charge in [-0.25, -0.2) is 0 Å². The minimum atomic E-state index is 0.489. The quantitative estimate of drug-likeness (QED) is 0.648. The van der Waals surface area contributed by atoms with Crippen LogP contribution in [-0.4, -0.2) is 23.0 Å². The Morgan fingerprint density at radius 3 is 2.46 bits per heavy atom. The van der Waals surface area contributed by atoms with Gasteiger partial charge in [-0.1, -0.05) is 6.42 Å². The maximum absolute atomic E-state index is 8.68. The molecule has 2 saturated heterocycles. The molecule has 0 saturated carbocycles. The third-order valence-corrected chi connectivity index (χ3v) is 3.65. The molecule has 2 rings (SSSR count). The van der Waals surface area contributed by atoms with Gasteiger partial charge in [0.2, 0.25) is 0 Å². The summed E-state index contributed by atoms with van der Waals surface area (Å²) in [5.74, 6) is 0. The molecule has 3 unspecified atom stereocenters. The van der Waals surface area contributed by atoms with E-state index in [2.05, 4.69) is 17.9 Å². The average Bonchev–Trinajstić information content (AvgIpc) is 2.37. The van der Waals surface area contributed by atoms with E-state index in [0.29, 0.717) is 12.5 Å². The lowest BCUT2D eigenvalue weighted by Gasteiger charge is -2.38. The van der Waals surface area contributed by atoms with Crippen molar-refractivity contribution < 1.29 is 0 Å². The Hall–Kier alpha value is -0.550. The van der Waals surface area contributed by atoms with Gasteiger partial charge >= 0.3 is 0 Å². The smallest absolute Gasteiger partial charge is 0.0638 e. The van der Waals surface area contributed by atoms with E-state index >= 15 is 0 Å². The highest BCUT2D eigenvalue weighted by Crippen LogP contribution is 2.37. The fourth-order valence-electron chi connectivity index (χ4n) is 3.11. The first kappa shape index (κ1) is 9.02. The summed E-state index contributed by atoms with van der Waals surface area (Å²) in [6, 6.07) is 4.40. The standard InChI is InChI=1S/C11H18N2/c1-9(7-8-12)13-10-3-2-4-11(13)6-5-10/h9-11H,2-7H2,1H3. The maximum Gasteiger partial charge on any atom is 0.0638 e. The predicted octanol–water partition coefficient (Wildman–Crippen LogP) is 2.31. The van der Waals surface area contributed by atoms with E-state index in [1.165, 1.54) is 32.1 Å². The highest BCUT2D eigenvalue weighted by Gasteiger charge is 2.38. The summed E-state index contributed by atoms with van der Waals surface area (Å²) in [7, 11) is 0. The maximum atomic E-state index is 8.68. The lowest BCUT2D eigenvalue weighted by molar-refractivity contribution is 0.0973. The van der Waals surface area contributed by atoms with E-state index in [1.807, 2.05) is 0 Å². The zero-order valence-corrected chi connectivity index (χ0v) is 8.37. The Balaban J connectivity index is 2.02. The fourth-order valence-corrected chi connectivity index (χ4v) is 3.11. The number of nitrogens with zero attached hydrogens (tertiary/aromatic N) is 2. The lowest BCUT2D eigenvalue weighted by atomic mass is 10.00. The highest BCUT2D eigenvalue weighted by molar-refractivity contribution is 4.96. The number of fused-ring (bicyclic) bond motifs is 2. The number of hydrogen-bond donors (Lipinski definition) is 0. The Labute approximate surface area is 80.5 Å². The van der Waals surface area contributed by atoms with Crippen molar-refractivity contribution in [2.24, 2.45) is 0 Å². The molecule has 72 valence electrons. The Morgan fingerprint density at radius 2 is 1.92 bits per heavy atom. The molecule has 0 spiro atoms. The molecule has 0 N–H and O–H groups in total. The summed E-state index contributed by atoms with van der Waals surface area (Å²) in [5, 5.41) is 8.68. The molecule has 13 heavy (non-hydrogen) atoms. The number of rotatable bonds is 2. The van der Waals surface area contributed by atoms with E-state index in [0.717, 1.165) is 12.1 Å². The van der Waals surface area contributed by atoms with Crippen molar-refractivity contribution in [1.29, 1.82) is 5.26 Å². The first-order chi connectivity index (χ1) is 6.33. The highest BCUT2D eigenvalue weighted by atomic mass is 15.2. The van der Waals surface area contributed by atoms with Crippen molar-refractivity contribution in [2.45, 2.75) is 63.6 Å². The van der Waals surface area contributed by atoms with E-state index in [1.54, 1.807) is 0 Å². The van der Waals surface area contributed by atoms with E-state index in [4.69, 9.17) is 5.26 Å². The van der Waals surface area contributed by atoms with Crippen molar-refractivity contribution in [3.05, 3.63) is 0 Å². The van der Waals surface area contributed by atoms with Crippen LogP contribution in [-0.2, 0) is 0 Å². The average molecular weight is 178 g/mol. The molecule has 2 bridgehead atoms. The van der Waals surface area contributed by atoms with Crippen molar-refractivity contribution in [3.8, 4) is 6.07 Å². The summed E-state index contributed by atoms with van der Waals surface area (Å²) in [6.07, 6.45) is 7.59. The molecular weight excluding hydrogens is 160 g/mol. The Kier molecular flexibility index (Phi) is 2.55. The van der Waals surface area contributed by atoms with Gasteiger partial charge in [0, 0.05) is 18.1 Å². The molecular formula is C11H18N2. The van der Waals surface area contributed by atoms with Gasteiger partial charge in [-0.2, -0.15) is 5.26 Å². The van der Waals surface area contributed by atoms with Crippen LogP contribution in [0.1, 0.15) is 45.4 Å². The first-order valence-corrected chi connectivity index (χ1v) is 5.47. The lowest BCUT2D eigenvalue weighted by Crippen LogP contribution is -2.45. The molecule has 0 amide bonds. The van der Waals surface area contributed by atoms with E-state index in [9.17, 15) is 0 Å². The van der Waals surface area contributed by atoms with Crippen LogP contribution in [0.2, 0.25) is 0 Å². The molecule has 2 aliphatic heterocycles. The fraction of sp³-hybridized carbons (Fsp3) is 0.909. The van der Waals surface area contributed by atoms with Gasteiger partial charge < -0.3 is 0 Å². The molecule has 2 heteroatoms. The SMILES string of the molecule is CC(CC#N)N1C2CCCC1CC2. The molecule has 2 fully saturated rings. The van der Waals surface area contributed by atoms with Gasteiger partial charge in [-0.15, -0.1) is 0 Å². The second-order valence-corrected chi connectivity index (χ2v) is 4.47. The molecule has 2 aliphatic rings. The molecule has 0 aromatic carbocycles. The molecule has 0 radical (unpaired) electrons. The van der Waals surface area contributed by atoms with E-state index < -0.39 is 0 Å². The summed E-state index contributed by atoms with van der Waals surface area (Å²) < 4.78 is 0. The van der Waals surface area contributed by atoms with Gasteiger partial charge in [-0.05, 0) is 32.6 Å². The second kappa shape index (κ2) is 3.67. The van der Waals surface area contributed by atoms with Crippen molar-refractivity contribution >= 4 is 0 Å². The van der Waals surface area contributed by atoms with Crippen LogP contribution in [0.4, 0.5) is 0 Å². The zero-order valence-electron chi connectivity index (χ0n) is 8.37. The second-order valence-electron chi connectivity index (χ2n) is 4.47. The summed E-state index contributed by atoms with van der Waals surface area (Å²) >= 11 is 0. The largest absolute Gasteiger partial charge is 0.294 e. The third-order valence-electron chi connectivity index (χ3n) is 3.65. The first-order valence-electron chi connectivity index (χ1n) is 5.47. The van der Waals surface area contributed by atoms with Crippen LogP contribution >= 0.6 is 0 Å². The topological polar surface area (TPSA) is 27.0 Å². The van der Waals surface area contributed by atoms with Crippen molar-refractivity contribution in [3.63, 3.8) is 0 Å². The summed E-state index contributed by atoms with van der Waals surface area (Å²) in [6.45, 7) is 2.21. The number of piperidine rings is 1. The molecule has 3 atom stereocenters. The van der Waals surface area contributed by atoms with Crippen LogP contribution in [0.5, 0.6) is 0 Å². The molecule has 0 aromatic rings. The van der Waals surface area contributed by atoms with Gasteiger partial charge in [0.15, 0.2) is 0 Å². The van der Waals surface area contributed by atoms with Crippen LogP contribution < -0.4 is 0 Å². The zero-order chi connectivity index (χ0) is 9.26. The number of hydrogen-bond acceptors (Lipinski definition) is 2. The normalized spacial score (nSPS) is 35.7. The van der Waals surface area contributed by atoms with Gasteiger partial charge in [0.1, 0.15) is 0 Å². The third kappa shape index (κ3) is 1.58. The van der Waals surface area contributed by atoms with Gasteiger partial charge in [0.05, 0.1) is 12.5 Å². The minimum absolute atomic E-state index is 0.489. The van der Waals surface area contributed by atoms with Crippen LogP contribution in [0.3, 0.4) is 0 Å². The summed E-state index contributed by atoms with van der Waals surface area (Å²) in [5.41, 5.74) is 0. The van der Waals surface area contributed by atoms with E-state index in [-0.39, 0.29) is 0 Å². The van der Waals surface area contributed by atoms with Gasteiger partial charge in [-0.3, -0.25) is 4.90 Å². The molecule has 2 nitrogen and oxygen atoms in total. The molecule has 2 heterocycles. The van der Waals surface area contributed by atoms with Gasteiger partial charge in [0.25, 0.3) is 0 Å². The van der Waals surface area contributed by atoms with Crippen LogP contribution in [0.25, 0.3) is 0 Å². The Bertz CT molecular complexity index is 203. The number of nitriles is 1. The summed E-state index contributed by atoms with van der Waals surface area (Å²) in [4.78, 5) is 2.62. The van der Waals surface area contributed by atoms with Crippen molar-refractivity contribution in [2.75, 3.05) is 0 Å². The minimum Gasteiger partial charge on any atom is -0.294 e. The van der Waals surface area contributed by atoms with Crippen LogP contribution in [0, 0.1) is 11.3 Å². The molecule has 0 aliphatic carbocycles. The van der Waals surface area contributed by atoms with Crippen LogP contribution in [0.15, 0.2) is 0 Å². The Morgan fingerprint density at radius 1 is 1.31 bits per heavy atom. The van der Waals surface area contributed by atoms with Crippen molar-refractivity contribution in [1.82, 2.24) is 4.90 Å².